The molecule has 5 rings (SSSR count). The van der Waals surface area contributed by atoms with Gasteiger partial charge in [0.15, 0.2) is 0 Å². The first-order valence-electron chi connectivity index (χ1n) is 10.7. The Labute approximate surface area is 178 Å². The molecule has 0 amide bonds. The van der Waals surface area contributed by atoms with Gasteiger partial charge in [0.25, 0.3) is 10.0 Å². The molecule has 1 spiro atoms. The largest absolute Gasteiger partial charge is 0.355 e. The molecular weight excluding hydrogens is 400 g/mol. The van der Waals surface area contributed by atoms with E-state index in [1.165, 1.54) is 11.1 Å². The van der Waals surface area contributed by atoms with Gasteiger partial charge in [-0.3, -0.25) is 0 Å². The highest BCUT2D eigenvalue weighted by atomic mass is 32.2. The van der Waals surface area contributed by atoms with Crippen molar-refractivity contribution in [2.24, 2.45) is 21.8 Å². The van der Waals surface area contributed by atoms with Gasteiger partial charge in [-0.1, -0.05) is 44.0 Å². The van der Waals surface area contributed by atoms with Crippen LogP contribution in [0.3, 0.4) is 0 Å². The number of benzene rings is 1. The Morgan fingerprint density at radius 1 is 1.13 bits per heavy atom. The number of aryl methyl sites for hydroxylation is 1. The van der Waals surface area contributed by atoms with Crippen molar-refractivity contribution < 1.29 is 17.9 Å². The first-order valence-corrected chi connectivity index (χ1v) is 12.2. The SMILES string of the molecule is Cc1ccc(S(=O)(=O)N/N=C2/C3=C(CC2(C)C)[C@]2(C)CC[C@@]24OCOC[C@@H]4C3)cc1. The Morgan fingerprint density at radius 3 is 2.53 bits per heavy atom. The molecule has 2 fully saturated rings. The van der Waals surface area contributed by atoms with Gasteiger partial charge in [0, 0.05) is 16.7 Å². The van der Waals surface area contributed by atoms with Crippen LogP contribution < -0.4 is 4.83 Å². The number of allylic oxidation sites excluding steroid dienone is 1. The Hall–Kier alpha value is -1.70. The fourth-order valence-corrected chi connectivity index (χ4v) is 6.94. The van der Waals surface area contributed by atoms with Gasteiger partial charge in [0.2, 0.25) is 0 Å². The summed E-state index contributed by atoms with van der Waals surface area (Å²) < 4.78 is 37.5. The molecule has 3 atom stereocenters. The summed E-state index contributed by atoms with van der Waals surface area (Å²) in [5, 5.41) is 4.52. The summed E-state index contributed by atoms with van der Waals surface area (Å²) in [6.45, 7) is 9.62. The zero-order valence-corrected chi connectivity index (χ0v) is 18.9. The summed E-state index contributed by atoms with van der Waals surface area (Å²) in [4.78, 5) is 2.74. The van der Waals surface area contributed by atoms with Crippen molar-refractivity contribution >= 4 is 15.7 Å². The number of nitrogens with zero attached hydrogens (tertiary/aromatic N) is 1. The van der Waals surface area contributed by atoms with Gasteiger partial charge in [-0.2, -0.15) is 18.4 Å². The van der Waals surface area contributed by atoms with E-state index in [0.717, 1.165) is 37.0 Å². The van der Waals surface area contributed by atoms with Crippen LogP contribution in [0.1, 0.15) is 52.0 Å². The molecule has 1 N–H and O–H groups in total. The van der Waals surface area contributed by atoms with Crippen LogP contribution in [-0.4, -0.2) is 33.1 Å². The fraction of sp³-hybridized carbons (Fsp3) is 0.609. The molecule has 6 nitrogen and oxygen atoms in total. The van der Waals surface area contributed by atoms with Gasteiger partial charge >= 0.3 is 0 Å². The highest BCUT2D eigenvalue weighted by Crippen LogP contribution is 2.68. The summed E-state index contributed by atoms with van der Waals surface area (Å²) >= 11 is 0. The summed E-state index contributed by atoms with van der Waals surface area (Å²) in [7, 11) is -3.71. The molecule has 3 aliphatic carbocycles. The van der Waals surface area contributed by atoms with E-state index in [-0.39, 0.29) is 27.2 Å². The van der Waals surface area contributed by atoms with Gasteiger partial charge in [-0.05, 0) is 50.3 Å². The minimum Gasteiger partial charge on any atom is -0.355 e. The number of sulfonamides is 1. The topological polar surface area (TPSA) is 77.0 Å². The first-order chi connectivity index (χ1) is 14.1. The molecule has 1 heterocycles. The third kappa shape index (κ3) is 2.68. The molecule has 4 aliphatic rings. The van der Waals surface area contributed by atoms with E-state index in [1.807, 2.05) is 6.92 Å². The van der Waals surface area contributed by atoms with Crippen LogP contribution in [0.15, 0.2) is 45.4 Å². The van der Waals surface area contributed by atoms with E-state index in [9.17, 15) is 8.42 Å². The minimum atomic E-state index is -3.71. The molecule has 7 heteroatoms. The Balaban J connectivity index is 1.52. The molecule has 0 radical (unpaired) electrons. The molecule has 0 unspecified atom stereocenters. The summed E-state index contributed by atoms with van der Waals surface area (Å²) in [6.07, 6.45) is 3.89. The van der Waals surface area contributed by atoms with E-state index in [2.05, 4.69) is 30.7 Å². The van der Waals surface area contributed by atoms with E-state index in [1.54, 1.807) is 24.3 Å². The number of hydrogen-bond donors (Lipinski definition) is 1. The van der Waals surface area contributed by atoms with Crippen LogP contribution in [0.5, 0.6) is 0 Å². The molecule has 1 saturated carbocycles. The molecular formula is C23H30N2O4S. The predicted octanol–water partition coefficient (Wildman–Crippen LogP) is 3.92. The average molecular weight is 431 g/mol. The normalized spacial score (nSPS) is 36.0. The third-order valence-electron chi connectivity index (χ3n) is 7.94. The fourth-order valence-electron chi connectivity index (χ4n) is 6.13. The van der Waals surface area contributed by atoms with Crippen molar-refractivity contribution in [2.45, 2.75) is 63.9 Å². The molecule has 1 aliphatic heterocycles. The Morgan fingerprint density at radius 2 is 1.87 bits per heavy atom. The lowest BCUT2D eigenvalue weighted by molar-refractivity contribution is -0.303. The van der Waals surface area contributed by atoms with Crippen LogP contribution in [0, 0.1) is 23.7 Å². The van der Waals surface area contributed by atoms with Crippen molar-refractivity contribution in [1.82, 2.24) is 4.83 Å². The zero-order chi connectivity index (χ0) is 21.4. The minimum absolute atomic E-state index is 0.0145. The molecule has 30 heavy (non-hydrogen) atoms. The van der Waals surface area contributed by atoms with Gasteiger partial charge in [-0.25, -0.2) is 0 Å². The van der Waals surface area contributed by atoms with Gasteiger partial charge < -0.3 is 9.47 Å². The number of rotatable bonds is 3. The second-order valence-corrected chi connectivity index (χ2v) is 11.8. The van der Waals surface area contributed by atoms with Crippen molar-refractivity contribution in [3.05, 3.63) is 41.0 Å². The Bertz CT molecular complexity index is 1060. The standard InChI is InChI=1S/C23H30N2O4S/c1-15-5-7-17(8-6-15)30(26,27)25-24-20-18-11-16-13-28-14-29-23(16)10-9-22(23,4)19(18)12-21(20,2)3/h5-8,16,25H,9-14H2,1-4H3/b24-20-/t16-,22-,23-/m0/s1. The lowest BCUT2D eigenvalue weighted by Crippen LogP contribution is -2.67. The second-order valence-electron chi connectivity index (χ2n) is 10.1. The summed E-state index contributed by atoms with van der Waals surface area (Å²) in [6, 6.07) is 6.82. The Kier molecular flexibility index (Phi) is 4.32. The maximum absolute atomic E-state index is 12.8. The number of fused-ring (bicyclic) bond motifs is 1. The van der Waals surface area contributed by atoms with E-state index < -0.39 is 10.0 Å². The molecule has 1 aromatic rings. The molecule has 0 aromatic heterocycles. The van der Waals surface area contributed by atoms with Gasteiger partial charge in [0.1, 0.15) is 6.79 Å². The number of nitrogens with one attached hydrogen (secondary N) is 1. The van der Waals surface area contributed by atoms with Crippen LogP contribution in [0.4, 0.5) is 0 Å². The average Bonchev–Trinajstić information content (AvgIpc) is 2.95. The van der Waals surface area contributed by atoms with E-state index in [0.29, 0.717) is 13.4 Å². The molecule has 162 valence electrons. The van der Waals surface area contributed by atoms with Crippen LogP contribution >= 0.6 is 0 Å². The van der Waals surface area contributed by atoms with E-state index in [4.69, 9.17) is 9.47 Å². The number of hydrazone groups is 1. The summed E-state index contributed by atoms with van der Waals surface area (Å²) in [5.41, 5.74) is 4.13. The molecule has 1 aromatic carbocycles. The third-order valence-corrected chi connectivity index (χ3v) is 9.17. The van der Waals surface area contributed by atoms with Crippen LogP contribution in [0.25, 0.3) is 0 Å². The van der Waals surface area contributed by atoms with Gasteiger partial charge in [-0.15, -0.1) is 0 Å². The monoisotopic (exact) mass is 430 g/mol. The lowest BCUT2D eigenvalue weighted by atomic mass is 9.46. The van der Waals surface area contributed by atoms with Crippen molar-refractivity contribution in [3.63, 3.8) is 0 Å². The maximum atomic E-state index is 12.8. The van der Waals surface area contributed by atoms with Crippen LogP contribution in [0.2, 0.25) is 0 Å². The lowest BCUT2D eigenvalue weighted by Gasteiger charge is -2.65. The van der Waals surface area contributed by atoms with Gasteiger partial charge in [0.05, 0.1) is 22.8 Å². The van der Waals surface area contributed by atoms with Crippen molar-refractivity contribution in [3.8, 4) is 0 Å². The quantitative estimate of drug-likeness (QED) is 0.738. The smallest absolute Gasteiger partial charge is 0.276 e. The van der Waals surface area contributed by atoms with E-state index >= 15 is 0 Å². The summed E-state index contributed by atoms with van der Waals surface area (Å²) in [5.74, 6) is 0.288. The zero-order valence-electron chi connectivity index (χ0n) is 18.1. The molecule has 1 saturated heterocycles. The highest BCUT2D eigenvalue weighted by molar-refractivity contribution is 7.89. The van der Waals surface area contributed by atoms with Crippen molar-refractivity contribution in [1.29, 1.82) is 0 Å². The van der Waals surface area contributed by atoms with Crippen molar-refractivity contribution in [2.75, 3.05) is 13.4 Å². The molecule has 0 bridgehead atoms. The highest BCUT2D eigenvalue weighted by Gasteiger charge is 2.68. The van der Waals surface area contributed by atoms with Crippen LogP contribution in [-0.2, 0) is 19.5 Å². The second kappa shape index (κ2) is 6.40. The number of ether oxygens (including phenoxy) is 2. The first kappa shape index (κ1) is 20.2. The predicted molar refractivity (Wildman–Crippen MR) is 114 cm³/mol. The number of hydrogen-bond acceptors (Lipinski definition) is 5. The maximum Gasteiger partial charge on any atom is 0.276 e.